The molecule has 0 aliphatic heterocycles. The van der Waals surface area contributed by atoms with Crippen LogP contribution in [0.2, 0.25) is 5.02 Å². The van der Waals surface area contributed by atoms with Crippen LogP contribution in [-0.4, -0.2) is 29.1 Å². The summed E-state index contributed by atoms with van der Waals surface area (Å²) in [6, 6.07) is 5.38. The van der Waals surface area contributed by atoms with Crippen LogP contribution in [0.4, 0.5) is 0 Å². The molecular weight excluding hydrogens is 282 g/mol. The van der Waals surface area contributed by atoms with Gasteiger partial charge in [0.15, 0.2) is 0 Å². The van der Waals surface area contributed by atoms with Crippen LogP contribution in [0.25, 0.3) is 10.1 Å². The normalized spacial score (nSPS) is 13.1. The second-order valence-corrected chi connectivity index (χ2v) is 6.21. The molecule has 1 aromatic carbocycles. The molecule has 0 aliphatic carbocycles. The first kappa shape index (κ1) is 14.3. The van der Waals surface area contributed by atoms with Crippen molar-refractivity contribution in [3.63, 3.8) is 0 Å². The number of carboxylic acids is 1. The molecule has 3 nitrogen and oxygen atoms in total. The number of hydrogen-bond acceptors (Lipinski definition) is 3. The van der Waals surface area contributed by atoms with Gasteiger partial charge < -0.3 is 5.11 Å². The van der Waals surface area contributed by atoms with Crippen molar-refractivity contribution in [3.05, 3.63) is 33.7 Å². The summed E-state index contributed by atoms with van der Waals surface area (Å²) in [5, 5.41) is 10.9. The number of fused-ring (bicyclic) bond motifs is 1. The summed E-state index contributed by atoms with van der Waals surface area (Å²) in [5.74, 6) is -0.806. The molecule has 102 valence electrons. The SMILES string of the molecule is Cc1c(CN(C)C(C)C(=O)O)sc2c(Cl)cccc12. The number of aryl methyl sites for hydroxylation is 1. The molecule has 1 N–H and O–H groups in total. The van der Waals surface area contributed by atoms with E-state index in [9.17, 15) is 4.79 Å². The van der Waals surface area contributed by atoms with Crippen LogP contribution >= 0.6 is 22.9 Å². The lowest BCUT2D eigenvalue weighted by atomic mass is 10.1. The molecule has 0 spiro atoms. The summed E-state index contributed by atoms with van der Waals surface area (Å²) in [6.45, 7) is 4.37. The van der Waals surface area contributed by atoms with Crippen molar-refractivity contribution in [1.82, 2.24) is 4.90 Å². The van der Waals surface area contributed by atoms with Crippen molar-refractivity contribution >= 4 is 39.0 Å². The summed E-state index contributed by atoms with van der Waals surface area (Å²) in [7, 11) is 1.82. The topological polar surface area (TPSA) is 40.5 Å². The van der Waals surface area contributed by atoms with Gasteiger partial charge in [-0.1, -0.05) is 23.7 Å². The molecule has 2 aromatic rings. The van der Waals surface area contributed by atoms with Gasteiger partial charge >= 0.3 is 5.97 Å². The van der Waals surface area contributed by atoms with E-state index in [1.54, 1.807) is 18.3 Å². The lowest BCUT2D eigenvalue weighted by Crippen LogP contribution is -2.35. The van der Waals surface area contributed by atoms with Gasteiger partial charge in [0, 0.05) is 11.4 Å². The van der Waals surface area contributed by atoms with E-state index in [4.69, 9.17) is 16.7 Å². The molecule has 2 rings (SSSR count). The Balaban J connectivity index is 2.34. The fourth-order valence-corrected chi connectivity index (χ4v) is 3.53. The molecule has 1 atom stereocenters. The standard InChI is InChI=1S/C14H16ClNO2S/c1-8-10-5-4-6-11(15)13(10)19-12(8)7-16(3)9(2)14(17)18/h4-6,9H,7H2,1-3H3,(H,17,18). The number of hydrogen-bond donors (Lipinski definition) is 1. The van der Waals surface area contributed by atoms with Crippen molar-refractivity contribution in [2.45, 2.75) is 26.4 Å². The summed E-state index contributed by atoms with van der Waals surface area (Å²) >= 11 is 7.84. The molecule has 0 bridgehead atoms. The highest BCUT2D eigenvalue weighted by Gasteiger charge is 2.19. The molecule has 0 fully saturated rings. The van der Waals surface area contributed by atoms with Gasteiger partial charge in [-0.15, -0.1) is 11.3 Å². The van der Waals surface area contributed by atoms with E-state index in [1.165, 1.54) is 10.4 Å². The van der Waals surface area contributed by atoms with E-state index in [0.29, 0.717) is 6.54 Å². The Labute approximate surface area is 121 Å². The quantitative estimate of drug-likeness (QED) is 0.934. The van der Waals surface area contributed by atoms with Crippen molar-refractivity contribution in [3.8, 4) is 0 Å². The van der Waals surface area contributed by atoms with E-state index < -0.39 is 12.0 Å². The number of carbonyl (C=O) groups is 1. The summed E-state index contributed by atoms with van der Waals surface area (Å²) in [5.41, 5.74) is 1.19. The Morgan fingerprint density at radius 3 is 2.79 bits per heavy atom. The first-order valence-electron chi connectivity index (χ1n) is 6.01. The minimum atomic E-state index is -0.806. The average molecular weight is 298 g/mol. The third kappa shape index (κ3) is 2.76. The number of nitrogens with zero attached hydrogens (tertiary/aromatic N) is 1. The second-order valence-electron chi connectivity index (χ2n) is 4.70. The highest BCUT2D eigenvalue weighted by molar-refractivity contribution is 7.20. The monoisotopic (exact) mass is 297 g/mol. The Kier molecular flexibility index (Phi) is 4.13. The number of benzene rings is 1. The first-order valence-corrected chi connectivity index (χ1v) is 7.20. The van der Waals surface area contributed by atoms with E-state index in [0.717, 1.165) is 15.1 Å². The van der Waals surface area contributed by atoms with Gasteiger partial charge in [-0.2, -0.15) is 0 Å². The van der Waals surface area contributed by atoms with Crippen LogP contribution in [0.15, 0.2) is 18.2 Å². The van der Waals surface area contributed by atoms with Gasteiger partial charge in [-0.05, 0) is 37.9 Å². The third-order valence-electron chi connectivity index (χ3n) is 3.43. The van der Waals surface area contributed by atoms with Crippen LogP contribution in [0.3, 0.4) is 0 Å². The zero-order chi connectivity index (χ0) is 14.2. The van der Waals surface area contributed by atoms with Crippen molar-refractivity contribution in [1.29, 1.82) is 0 Å². The molecule has 0 amide bonds. The smallest absolute Gasteiger partial charge is 0.320 e. The highest BCUT2D eigenvalue weighted by atomic mass is 35.5. The van der Waals surface area contributed by atoms with Gasteiger partial charge in [0.1, 0.15) is 6.04 Å². The maximum Gasteiger partial charge on any atom is 0.320 e. The summed E-state index contributed by atoms with van der Waals surface area (Å²) in [4.78, 5) is 14.0. The molecule has 1 aromatic heterocycles. The lowest BCUT2D eigenvalue weighted by molar-refractivity contribution is -0.142. The number of halogens is 1. The van der Waals surface area contributed by atoms with Crippen LogP contribution in [0.5, 0.6) is 0 Å². The maximum atomic E-state index is 11.0. The van der Waals surface area contributed by atoms with Crippen LogP contribution in [-0.2, 0) is 11.3 Å². The Morgan fingerprint density at radius 2 is 2.21 bits per heavy atom. The molecule has 0 radical (unpaired) electrons. The first-order chi connectivity index (χ1) is 8.91. The summed E-state index contributed by atoms with van der Waals surface area (Å²) in [6.07, 6.45) is 0. The van der Waals surface area contributed by atoms with Crippen molar-refractivity contribution in [2.24, 2.45) is 0 Å². The van der Waals surface area contributed by atoms with Crippen LogP contribution < -0.4 is 0 Å². The number of rotatable bonds is 4. The van der Waals surface area contributed by atoms with E-state index in [2.05, 4.69) is 13.0 Å². The maximum absolute atomic E-state index is 11.0. The minimum Gasteiger partial charge on any atom is -0.480 e. The molecule has 0 saturated heterocycles. The predicted octanol–water partition coefficient (Wildman–Crippen LogP) is 3.77. The molecule has 0 saturated carbocycles. The van der Waals surface area contributed by atoms with E-state index >= 15 is 0 Å². The third-order valence-corrected chi connectivity index (χ3v) is 5.18. The van der Waals surface area contributed by atoms with Crippen LogP contribution in [0.1, 0.15) is 17.4 Å². The van der Waals surface area contributed by atoms with Crippen LogP contribution in [0, 0.1) is 6.92 Å². The van der Waals surface area contributed by atoms with Gasteiger partial charge in [-0.25, -0.2) is 0 Å². The van der Waals surface area contributed by atoms with Gasteiger partial charge in [-0.3, -0.25) is 9.69 Å². The zero-order valence-electron chi connectivity index (χ0n) is 11.1. The van der Waals surface area contributed by atoms with E-state index in [-0.39, 0.29) is 0 Å². The Morgan fingerprint density at radius 1 is 1.53 bits per heavy atom. The molecule has 1 unspecified atom stereocenters. The Bertz CT molecular complexity index is 623. The second kappa shape index (κ2) is 5.49. The summed E-state index contributed by atoms with van der Waals surface area (Å²) < 4.78 is 1.08. The van der Waals surface area contributed by atoms with Gasteiger partial charge in [0.2, 0.25) is 0 Å². The fourth-order valence-electron chi connectivity index (χ4n) is 1.96. The number of aliphatic carboxylic acids is 1. The number of carboxylic acid groups (broad SMARTS) is 1. The van der Waals surface area contributed by atoms with Crippen molar-refractivity contribution < 1.29 is 9.90 Å². The average Bonchev–Trinajstić information content (AvgIpc) is 2.67. The van der Waals surface area contributed by atoms with E-state index in [1.807, 2.05) is 24.1 Å². The van der Waals surface area contributed by atoms with Crippen molar-refractivity contribution in [2.75, 3.05) is 7.05 Å². The fraction of sp³-hybridized carbons (Fsp3) is 0.357. The molecule has 5 heteroatoms. The van der Waals surface area contributed by atoms with Gasteiger partial charge in [0.05, 0.1) is 9.72 Å². The van der Waals surface area contributed by atoms with Gasteiger partial charge in [0.25, 0.3) is 0 Å². The Hall–Kier alpha value is -1.10. The number of thiophene rings is 1. The minimum absolute atomic E-state index is 0.500. The predicted molar refractivity (Wildman–Crippen MR) is 80.1 cm³/mol. The number of likely N-dealkylation sites (N-methyl/N-ethyl adjacent to an activating group) is 1. The molecule has 1 heterocycles. The largest absolute Gasteiger partial charge is 0.480 e. The lowest BCUT2D eigenvalue weighted by Gasteiger charge is -2.20. The zero-order valence-corrected chi connectivity index (χ0v) is 12.7. The molecular formula is C14H16ClNO2S. The molecule has 19 heavy (non-hydrogen) atoms. The molecule has 0 aliphatic rings. The highest BCUT2D eigenvalue weighted by Crippen LogP contribution is 2.36.